The predicted octanol–water partition coefficient (Wildman–Crippen LogP) is 3.31. The molecule has 0 aliphatic rings. The Morgan fingerprint density at radius 3 is 2.67 bits per heavy atom. The van der Waals surface area contributed by atoms with E-state index in [9.17, 15) is 4.79 Å². The Labute approximate surface area is 143 Å². The number of pyridine rings is 1. The molecular formula is C17H18N4O2S. The van der Waals surface area contributed by atoms with Crippen LogP contribution in [0, 0.1) is 0 Å². The minimum Gasteiger partial charge on any atom is -0.366 e. The fourth-order valence-corrected chi connectivity index (χ4v) is 2.94. The average Bonchev–Trinajstić information content (AvgIpc) is 3.01. The highest BCUT2D eigenvalue weighted by molar-refractivity contribution is 7.98. The number of nitrogens with zero attached hydrogens (tertiary/aromatic N) is 3. The van der Waals surface area contributed by atoms with Gasteiger partial charge in [0.15, 0.2) is 5.82 Å². The van der Waals surface area contributed by atoms with Crippen LogP contribution in [-0.4, -0.2) is 21.0 Å². The number of primary amides is 1. The molecule has 0 atom stereocenters. The summed E-state index contributed by atoms with van der Waals surface area (Å²) in [5.74, 6) is 1.21. The van der Waals surface area contributed by atoms with Gasteiger partial charge in [0.05, 0.1) is 21.9 Å². The highest BCUT2D eigenvalue weighted by Gasteiger charge is 2.21. The molecule has 0 spiro atoms. The van der Waals surface area contributed by atoms with Crippen LogP contribution < -0.4 is 5.73 Å². The summed E-state index contributed by atoms with van der Waals surface area (Å²) in [6, 6.07) is 9.13. The number of hydrogen-bond donors (Lipinski definition) is 1. The summed E-state index contributed by atoms with van der Waals surface area (Å²) >= 11 is 1.43. The van der Waals surface area contributed by atoms with Crippen LogP contribution in [0.5, 0.6) is 0 Å². The van der Waals surface area contributed by atoms with Gasteiger partial charge in [-0.3, -0.25) is 4.79 Å². The molecule has 0 aliphatic carbocycles. The van der Waals surface area contributed by atoms with Crippen LogP contribution in [0.3, 0.4) is 0 Å². The Balaban J connectivity index is 1.85. The summed E-state index contributed by atoms with van der Waals surface area (Å²) in [4.78, 5) is 20.7. The lowest BCUT2D eigenvalue weighted by molar-refractivity contribution is 0.100. The SMILES string of the molecule is CC(C)(C)c1noc(CSc2cc(C(N)=O)c3ccccc3n2)n1. The van der Waals surface area contributed by atoms with Gasteiger partial charge in [-0.05, 0) is 12.1 Å². The van der Waals surface area contributed by atoms with Crippen molar-refractivity contribution in [2.24, 2.45) is 5.73 Å². The van der Waals surface area contributed by atoms with E-state index in [0.717, 1.165) is 10.9 Å². The molecule has 2 N–H and O–H groups in total. The molecule has 3 aromatic rings. The predicted molar refractivity (Wildman–Crippen MR) is 92.8 cm³/mol. The number of rotatable bonds is 4. The van der Waals surface area contributed by atoms with Crippen LogP contribution in [0.1, 0.15) is 42.8 Å². The topological polar surface area (TPSA) is 94.9 Å². The standard InChI is InChI=1S/C17H18N4O2S/c1-17(2,3)16-20-13(23-21-16)9-24-14-8-11(15(18)22)10-6-4-5-7-12(10)19-14/h4-8H,9H2,1-3H3,(H2,18,22). The van der Waals surface area contributed by atoms with Crippen LogP contribution in [0.25, 0.3) is 10.9 Å². The lowest BCUT2D eigenvalue weighted by Gasteiger charge is -2.10. The molecule has 0 bridgehead atoms. The fourth-order valence-electron chi connectivity index (χ4n) is 2.18. The maximum Gasteiger partial charge on any atom is 0.249 e. The second-order valence-electron chi connectivity index (χ2n) is 6.44. The Hall–Kier alpha value is -2.41. The fraction of sp³-hybridized carbons (Fsp3) is 0.294. The van der Waals surface area contributed by atoms with E-state index in [4.69, 9.17) is 10.3 Å². The molecule has 0 unspecified atom stereocenters. The van der Waals surface area contributed by atoms with Crippen molar-refractivity contribution in [3.8, 4) is 0 Å². The first kappa shape index (κ1) is 16.4. The Kier molecular flexibility index (Phi) is 4.28. The summed E-state index contributed by atoms with van der Waals surface area (Å²) < 4.78 is 5.28. The van der Waals surface area contributed by atoms with Gasteiger partial charge < -0.3 is 10.3 Å². The smallest absolute Gasteiger partial charge is 0.249 e. The van der Waals surface area contributed by atoms with E-state index in [0.29, 0.717) is 28.1 Å². The zero-order valence-corrected chi connectivity index (χ0v) is 14.6. The van der Waals surface area contributed by atoms with Crippen molar-refractivity contribution in [3.63, 3.8) is 0 Å². The monoisotopic (exact) mass is 342 g/mol. The number of carbonyl (C=O) groups excluding carboxylic acids is 1. The number of hydrogen-bond acceptors (Lipinski definition) is 6. The molecule has 7 heteroatoms. The van der Waals surface area contributed by atoms with Gasteiger partial charge in [-0.2, -0.15) is 4.98 Å². The van der Waals surface area contributed by atoms with E-state index in [1.165, 1.54) is 11.8 Å². The third-order valence-corrected chi connectivity index (χ3v) is 4.34. The summed E-state index contributed by atoms with van der Waals surface area (Å²) in [7, 11) is 0. The molecule has 0 radical (unpaired) electrons. The van der Waals surface area contributed by atoms with Crippen LogP contribution >= 0.6 is 11.8 Å². The van der Waals surface area contributed by atoms with Crippen molar-refractivity contribution in [1.82, 2.24) is 15.1 Å². The number of para-hydroxylation sites is 1. The number of amides is 1. The van der Waals surface area contributed by atoms with Gasteiger partial charge in [0, 0.05) is 10.8 Å². The Morgan fingerprint density at radius 2 is 2.00 bits per heavy atom. The first-order chi connectivity index (χ1) is 11.3. The number of fused-ring (bicyclic) bond motifs is 1. The molecule has 2 heterocycles. The lowest BCUT2D eigenvalue weighted by atomic mass is 9.96. The Bertz CT molecular complexity index is 899. The molecule has 124 valence electrons. The summed E-state index contributed by atoms with van der Waals surface area (Å²) in [6.45, 7) is 6.08. The molecular weight excluding hydrogens is 324 g/mol. The minimum atomic E-state index is -0.469. The van der Waals surface area contributed by atoms with Gasteiger partial charge >= 0.3 is 0 Å². The van der Waals surface area contributed by atoms with E-state index >= 15 is 0 Å². The zero-order chi connectivity index (χ0) is 17.3. The third-order valence-electron chi connectivity index (χ3n) is 3.44. The second kappa shape index (κ2) is 6.24. The van der Waals surface area contributed by atoms with Gasteiger partial charge in [-0.25, -0.2) is 4.98 Å². The number of benzene rings is 1. The molecule has 0 saturated carbocycles. The van der Waals surface area contributed by atoms with Gasteiger partial charge in [-0.15, -0.1) is 0 Å². The quantitative estimate of drug-likeness (QED) is 0.731. The molecule has 0 aliphatic heterocycles. The average molecular weight is 342 g/mol. The molecule has 0 fully saturated rings. The van der Waals surface area contributed by atoms with Crippen LogP contribution in [-0.2, 0) is 11.2 Å². The third kappa shape index (κ3) is 3.41. The van der Waals surface area contributed by atoms with E-state index in [-0.39, 0.29) is 5.41 Å². The molecule has 24 heavy (non-hydrogen) atoms. The highest BCUT2D eigenvalue weighted by atomic mass is 32.2. The second-order valence-corrected chi connectivity index (χ2v) is 7.44. The molecule has 0 saturated heterocycles. The molecule has 3 rings (SSSR count). The highest BCUT2D eigenvalue weighted by Crippen LogP contribution is 2.27. The van der Waals surface area contributed by atoms with Crippen molar-refractivity contribution >= 4 is 28.6 Å². The number of aromatic nitrogens is 3. The number of nitrogens with two attached hydrogens (primary N) is 1. The summed E-state index contributed by atoms with van der Waals surface area (Å²) in [6.07, 6.45) is 0. The van der Waals surface area contributed by atoms with Crippen molar-refractivity contribution < 1.29 is 9.32 Å². The van der Waals surface area contributed by atoms with E-state index in [2.05, 4.69) is 15.1 Å². The van der Waals surface area contributed by atoms with Crippen LogP contribution in [0.15, 0.2) is 39.9 Å². The zero-order valence-electron chi connectivity index (χ0n) is 13.7. The van der Waals surface area contributed by atoms with Crippen molar-refractivity contribution in [3.05, 3.63) is 47.6 Å². The van der Waals surface area contributed by atoms with Gasteiger partial charge in [0.25, 0.3) is 0 Å². The van der Waals surface area contributed by atoms with Crippen LogP contribution in [0.2, 0.25) is 0 Å². The van der Waals surface area contributed by atoms with Gasteiger partial charge in [-0.1, -0.05) is 55.9 Å². The van der Waals surface area contributed by atoms with Crippen LogP contribution in [0.4, 0.5) is 0 Å². The minimum absolute atomic E-state index is 0.160. The largest absolute Gasteiger partial charge is 0.366 e. The molecule has 6 nitrogen and oxygen atoms in total. The molecule has 2 aromatic heterocycles. The molecule has 1 amide bonds. The van der Waals surface area contributed by atoms with E-state index in [1.54, 1.807) is 6.07 Å². The van der Waals surface area contributed by atoms with Crippen molar-refractivity contribution in [2.75, 3.05) is 0 Å². The van der Waals surface area contributed by atoms with Gasteiger partial charge in [0.1, 0.15) is 0 Å². The first-order valence-corrected chi connectivity index (χ1v) is 8.48. The maximum atomic E-state index is 11.7. The van der Waals surface area contributed by atoms with E-state index in [1.807, 2.05) is 45.0 Å². The van der Waals surface area contributed by atoms with Gasteiger partial charge in [0.2, 0.25) is 11.8 Å². The lowest BCUT2D eigenvalue weighted by Crippen LogP contribution is -2.13. The Morgan fingerprint density at radius 1 is 1.25 bits per heavy atom. The van der Waals surface area contributed by atoms with Crippen molar-refractivity contribution in [2.45, 2.75) is 37.0 Å². The summed E-state index contributed by atoms with van der Waals surface area (Å²) in [5.41, 5.74) is 6.53. The normalized spacial score (nSPS) is 11.8. The number of thioether (sulfide) groups is 1. The van der Waals surface area contributed by atoms with E-state index < -0.39 is 5.91 Å². The summed E-state index contributed by atoms with van der Waals surface area (Å²) in [5, 5.41) is 5.45. The number of carbonyl (C=O) groups is 1. The van der Waals surface area contributed by atoms with Crippen molar-refractivity contribution in [1.29, 1.82) is 0 Å². The molecule has 1 aromatic carbocycles. The first-order valence-electron chi connectivity index (χ1n) is 7.50. The maximum absolute atomic E-state index is 11.7.